The third-order valence-corrected chi connectivity index (χ3v) is 4.31. The van der Waals surface area contributed by atoms with E-state index in [4.69, 9.17) is 0 Å². The van der Waals surface area contributed by atoms with Crippen LogP contribution in [0.5, 0.6) is 0 Å². The molecule has 4 N–H and O–H groups in total. The minimum Gasteiger partial charge on any atom is -0.361 e. The lowest BCUT2D eigenvalue weighted by Crippen LogP contribution is -2.51. The van der Waals surface area contributed by atoms with Crippen molar-refractivity contribution in [3.8, 4) is 0 Å². The molecular weight excluding hydrogens is 220 g/mol. The van der Waals surface area contributed by atoms with Crippen molar-refractivity contribution >= 4 is 10.9 Å². The molecule has 96 valence electrons. The normalized spacial score (nSPS) is 17.4. The molecule has 1 aromatic heterocycles. The Morgan fingerprint density at radius 3 is 2.78 bits per heavy atom. The molecule has 2 heteroatoms. The number of hydrogen-bond donors (Lipinski definition) is 2. The Hall–Kier alpha value is -1.28. The lowest BCUT2D eigenvalue weighted by Gasteiger charge is -2.22. The molecule has 0 atom stereocenters. The maximum absolute atomic E-state index is 3.97. The number of aromatic nitrogens is 1. The zero-order valence-electron chi connectivity index (χ0n) is 11.0. The van der Waals surface area contributed by atoms with Gasteiger partial charge in [0, 0.05) is 23.5 Å². The van der Waals surface area contributed by atoms with Crippen LogP contribution in [0, 0.1) is 0 Å². The molecule has 0 radical (unpaired) electrons. The molecule has 2 aromatic rings. The maximum atomic E-state index is 3.97. The van der Waals surface area contributed by atoms with E-state index in [0.29, 0.717) is 0 Å². The quantitative estimate of drug-likeness (QED) is 0.832. The summed E-state index contributed by atoms with van der Waals surface area (Å²) in [7, 11) is 0. The number of benzene rings is 1. The molecule has 2 nitrogen and oxygen atoms in total. The SMILES string of the molecule is [NH3+]CCc1c[nH]c2ccc(C3CCCCC3)cc12. The topological polar surface area (TPSA) is 43.4 Å². The highest BCUT2D eigenvalue weighted by Gasteiger charge is 2.16. The van der Waals surface area contributed by atoms with Crippen LogP contribution in [0.1, 0.15) is 49.1 Å². The van der Waals surface area contributed by atoms with Crippen LogP contribution in [0.4, 0.5) is 0 Å². The summed E-state index contributed by atoms with van der Waals surface area (Å²) in [5, 5.41) is 1.42. The Bertz CT molecular complexity index is 521. The molecule has 1 aliphatic rings. The number of rotatable bonds is 3. The third-order valence-electron chi connectivity index (χ3n) is 4.31. The lowest BCUT2D eigenvalue weighted by molar-refractivity contribution is -0.366. The van der Waals surface area contributed by atoms with Crippen molar-refractivity contribution in [2.75, 3.05) is 6.54 Å². The summed E-state index contributed by atoms with van der Waals surface area (Å²) in [5.41, 5.74) is 8.22. The summed E-state index contributed by atoms with van der Waals surface area (Å²) in [6, 6.07) is 7.00. The molecule has 18 heavy (non-hydrogen) atoms. The van der Waals surface area contributed by atoms with E-state index < -0.39 is 0 Å². The van der Waals surface area contributed by atoms with Crippen LogP contribution in [0.15, 0.2) is 24.4 Å². The van der Waals surface area contributed by atoms with Crippen molar-refractivity contribution in [2.24, 2.45) is 0 Å². The minimum absolute atomic E-state index is 0.797. The standard InChI is InChI=1S/C16H22N2/c17-9-8-14-11-18-16-7-6-13(10-15(14)16)12-4-2-1-3-5-12/h6-7,10-12,18H,1-5,8-9,17H2/p+1. The Kier molecular flexibility index (Phi) is 3.37. The van der Waals surface area contributed by atoms with Gasteiger partial charge in [0.15, 0.2) is 0 Å². The predicted molar refractivity (Wildman–Crippen MR) is 75.6 cm³/mol. The smallest absolute Gasteiger partial charge is 0.0781 e. The van der Waals surface area contributed by atoms with Crippen molar-refractivity contribution in [1.82, 2.24) is 4.98 Å². The van der Waals surface area contributed by atoms with Gasteiger partial charge in [-0.3, -0.25) is 0 Å². The first-order valence-electron chi connectivity index (χ1n) is 7.27. The molecule has 0 saturated heterocycles. The lowest BCUT2D eigenvalue weighted by atomic mass is 9.83. The molecule has 1 aliphatic carbocycles. The Labute approximate surface area is 109 Å². The summed E-state index contributed by atoms with van der Waals surface area (Å²) < 4.78 is 0. The van der Waals surface area contributed by atoms with Crippen molar-refractivity contribution in [3.05, 3.63) is 35.5 Å². The fourth-order valence-electron chi connectivity index (χ4n) is 3.28. The molecule has 0 spiro atoms. The number of nitrogens with one attached hydrogen (secondary N) is 1. The third kappa shape index (κ3) is 2.17. The second-order valence-corrected chi connectivity index (χ2v) is 5.56. The molecule has 1 fully saturated rings. The summed E-state index contributed by atoms with van der Waals surface area (Å²) in [4.78, 5) is 3.38. The van der Waals surface area contributed by atoms with E-state index in [1.54, 1.807) is 5.56 Å². The van der Waals surface area contributed by atoms with Crippen LogP contribution in [0.25, 0.3) is 10.9 Å². The van der Waals surface area contributed by atoms with E-state index in [-0.39, 0.29) is 0 Å². The number of hydrogen-bond acceptors (Lipinski definition) is 0. The Morgan fingerprint density at radius 2 is 2.00 bits per heavy atom. The molecule has 1 heterocycles. The van der Waals surface area contributed by atoms with Crippen LogP contribution in [0.3, 0.4) is 0 Å². The van der Waals surface area contributed by atoms with Gasteiger partial charge in [-0.15, -0.1) is 0 Å². The second kappa shape index (κ2) is 5.15. The van der Waals surface area contributed by atoms with E-state index in [9.17, 15) is 0 Å². The van der Waals surface area contributed by atoms with E-state index in [1.807, 2.05) is 0 Å². The van der Waals surface area contributed by atoms with E-state index in [0.717, 1.165) is 18.9 Å². The van der Waals surface area contributed by atoms with Gasteiger partial charge < -0.3 is 10.7 Å². The van der Waals surface area contributed by atoms with E-state index >= 15 is 0 Å². The molecule has 0 aliphatic heterocycles. The first-order chi connectivity index (χ1) is 8.88. The fraction of sp³-hybridized carbons (Fsp3) is 0.500. The van der Waals surface area contributed by atoms with Crippen molar-refractivity contribution in [1.29, 1.82) is 0 Å². The first kappa shape index (κ1) is 11.8. The molecule has 3 rings (SSSR count). The van der Waals surface area contributed by atoms with Crippen LogP contribution >= 0.6 is 0 Å². The van der Waals surface area contributed by atoms with Gasteiger partial charge in [0.2, 0.25) is 0 Å². The fourth-order valence-corrected chi connectivity index (χ4v) is 3.28. The van der Waals surface area contributed by atoms with Crippen molar-refractivity contribution in [3.63, 3.8) is 0 Å². The average Bonchev–Trinajstić information content (AvgIpc) is 2.83. The maximum Gasteiger partial charge on any atom is 0.0781 e. The molecule has 0 unspecified atom stereocenters. The van der Waals surface area contributed by atoms with Gasteiger partial charge in [-0.1, -0.05) is 25.3 Å². The molecule has 1 aromatic carbocycles. The molecule has 1 saturated carbocycles. The highest BCUT2D eigenvalue weighted by atomic mass is 14.7. The zero-order chi connectivity index (χ0) is 12.4. The minimum atomic E-state index is 0.797. The van der Waals surface area contributed by atoms with Crippen LogP contribution in [-0.2, 0) is 6.42 Å². The second-order valence-electron chi connectivity index (χ2n) is 5.56. The first-order valence-corrected chi connectivity index (χ1v) is 7.27. The monoisotopic (exact) mass is 243 g/mol. The number of quaternary nitrogens is 1. The summed E-state index contributed by atoms with van der Waals surface area (Å²) >= 11 is 0. The largest absolute Gasteiger partial charge is 0.361 e. The summed E-state index contributed by atoms with van der Waals surface area (Å²) in [6.45, 7) is 0.973. The highest BCUT2D eigenvalue weighted by molar-refractivity contribution is 5.84. The van der Waals surface area contributed by atoms with Crippen LogP contribution < -0.4 is 5.73 Å². The highest BCUT2D eigenvalue weighted by Crippen LogP contribution is 2.34. The Morgan fingerprint density at radius 1 is 1.17 bits per heavy atom. The summed E-state index contributed by atoms with van der Waals surface area (Å²) in [6.07, 6.45) is 10.2. The van der Waals surface area contributed by atoms with Crippen molar-refractivity contribution in [2.45, 2.75) is 44.4 Å². The van der Waals surface area contributed by atoms with Crippen LogP contribution in [-0.4, -0.2) is 11.5 Å². The summed E-state index contributed by atoms with van der Waals surface area (Å²) in [5.74, 6) is 0.797. The van der Waals surface area contributed by atoms with E-state index in [2.05, 4.69) is 35.1 Å². The van der Waals surface area contributed by atoms with Gasteiger partial charge in [0.05, 0.1) is 6.54 Å². The predicted octanol–water partition coefficient (Wildman–Crippen LogP) is 3.00. The van der Waals surface area contributed by atoms with Gasteiger partial charge in [0.1, 0.15) is 0 Å². The van der Waals surface area contributed by atoms with Gasteiger partial charge >= 0.3 is 0 Å². The molecular formula is C16H23N2+. The van der Waals surface area contributed by atoms with Gasteiger partial charge in [0.25, 0.3) is 0 Å². The number of fused-ring (bicyclic) bond motifs is 1. The number of H-pyrrole nitrogens is 1. The van der Waals surface area contributed by atoms with Gasteiger partial charge in [-0.2, -0.15) is 0 Å². The van der Waals surface area contributed by atoms with E-state index in [1.165, 1.54) is 48.6 Å². The Balaban J connectivity index is 1.95. The van der Waals surface area contributed by atoms with Gasteiger partial charge in [-0.05, 0) is 42.0 Å². The van der Waals surface area contributed by atoms with Gasteiger partial charge in [-0.25, -0.2) is 0 Å². The zero-order valence-corrected chi connectivity index (χ0v) is 11.0. The van der Waals surface area contributed by atoms with Crippen LogP contribution in [0.2, 0.25) is 0 Å². The number of aromatic amines is 1. The molecule has 0 bridgehead atoms. The van der Waals surface area contributed by atoms with Crippen molar-refractivity contribution < 1.29 is 5.73 Å². The average molecular weight is 243 g/mol. The molecule has 0 amide bonds.